The topological polar surface area (TPSA) is 93.2 Å². The van der Waals surface area contributed by atoms with Gasteiger partial charge in [-0.3, -0.25) is 4.79 Å². The lowest BCUT2D eigenvalue weighted by atomic mass is 9.95. The summed E-state index contributed by atoms with van der Waals surface area (Å²) in [6.07, 6.45) is 8.60. The van der Waals surface area contributed by atoms with Crippen LogP contribution in [0, 0.1) is 0 Å². The summed E-state index contributed by atoms with van der Waals surface area (Å²) in [6.45, 7) is 1.72. The molecule has 1 aliphatic carbocycles. The van der Waals surface area contributed by atoms with Gasteiger partial charge < -0.3 is 20.7 Å². The summed E-state index contributed by atoms with van der Waals surface area (Å²) in [5, 5.41) is 13.7. The molecule has 6 heteroatoms. The molecule has 6 nitrogen and oxygen atoms in total. The number of aromatic nitrogens is 2. The van der Waals surface area contributed by atoms with Gasteiger partial charge in [-0.05, 0) is 55.8 Å². The average molecular weight is 354 g/mol. The highest BCUT2D eigenvalue weighted by molar-refractivity contribution is 5.68. The number of nitrogen functional groups attached to an aromatic ring is 1. The molecule has 0 radical (unpaired) electrons. The van der Waals surface area contributed by atoms with E-state index in [9.17, 15) is 9.90 Å². The van der Waals surface area contributed by atoms with E-state index in [1.807, 2.05) is 12.1 Å². The maximum atomic E-state index is 12.5. The van der Waals surface area contributed by atoms with Crippen LogP contribution in [-0.4, -0.2) is 27.7 Å². The zero-order valence-electron chi connectivity index (χ0n) is 14.9. The van der Waals surface area contributed by atoms with Gasteiger partial charge in [0, 0.05) is 24.3 Å². The first kappa shape index (κ1) is 17.1. The number of phenolic OH excluding ortho intramolecular Hbond substituents is 1. The van der Waals surface area contributed by atoms with Gasteiger partial charge in [0.1, 0.15) is 5.75 Å². The number of rotatable bonds is 3. The van der Waals surface area contributed by atoms with Crippen molar-refractivity contribution in [1.29, 1.82) is 0 Å². The van der Waals surface area contributed by atoms with E-state index >= 15 is 0 Å². The Balaban J connectivity index is 1.76. The molecule has 1 aromatic heterocycles. The normalized spacial score (nSPS) is 21.2. The molecular weight excluding hydrogens is 328 g/mol. The highest BCUT2D eigenvalue weighted by Crippen LogP contribution is 2.38. The fourth-order valence-electron chi connectivity index (χ4n) is 4.27. The number of piperidine rings is 1. The molecule has 2 heterocycles. The van der Waals surface area contributed by atoms with E-state index < -0.39 is 0 Å². The standard InChI is InChI=1S/C20H26N4O2/c21-19-20(26)24(15-6-3-9-22-11-15)12-17(23-19)16-10-14(7-8-18(16)25)13-4-1-2-5-13/h7-8,10,12-13,15,22,25H,1-6,9,11H2,(H2,21,23). The number of phenols is 1. The molecule has 0 spiro atoms. The number of hydrogen-bond acceptors (Lipinski definition) is 5. The van der Waals surface area contributed by atoms with Gasteiger partial charge >= 0.3 is 0 Å². The van der Waals surface area contributed by atoms with E-state index in [4.69, 9.17) is 5.73 Å². The minimum absolute atomic E-state index is 0.0151. The molecule has 4 N–H and O–H groups in total. The Kier molecular flexibility index (Phi) is 4.68. The fourth-order valence-corrected chi connectivity index (χ4v) is 4.27. The molecule has 0 bridgehead atoms. The zero-order chi connectivity index (χ0) is 18.1. The summed E-state index contributed by atoms with van der Waals surface area (Å²) >= 11 is 0. The highest BCUT2D eigenvalue weighted by Gasteiger charge is 2.21. The SMILES string of the molecule is Nc1nc(-c2cc(C3CCCC3)ccc2O)cn(C2CCCNC2)c1=O. The summed E-state index contributed by atoms with van der Waals surface area (Å²) in [5.74, 6) is 0.699. The van der Waals surface area contributed by atoms with Gasteiger partial charge in [0.25, 0.3) is 5.56 Å². The minimum Gasteiger partial charge on any atom is -0.507 e. The number of nitrogens with one attached hydrogen (secondary N) is 1. The Morgan fingerprint density at radius 2 is 2.00 bits per heavy atom. The van der Waals surface area contributed by atoms with Crippen molar-refractivity contribution in [1.82, 2.24) is 14.9 Å². The Morgan fingerprint density at radius 3 is 2.73 bits per heavy atom. The molecule has 1 aromatic carbocycles. The molecule has 2 aromatic rings. The zero-order valence-corrected chi connectivity index (χ0v) is 14.9. The predicted molar refractivity (Wildman–Crippen MR) is 102 cm³/mol. The second kappa shape index (κ2) is 7.11. The van der Waals surface area contributed by atoms with Crippen molar-refractivity contribution in [2.75, 3.05) is 18.8 Å². The smallest absolute Gasteiger partial charge is 0.293 e. The highest BCUT2D eigenvalue weighted by atomic mass is 16.3. The van der Waals surface area contributed by atoms with Crippen molar-refractivity contribution in [2.45, 2.75) is 50.5 Å². The summed E-state index contributed by atoms with van der Waals surface area (Å²) in [6, 6.07) is 5.82. The first-order valence-electron chi connectivity index (χ1n) is 9.56. The molecule has 1 unspecified atom stereocenters. The fraction of sp³-hybridized carbons (Fsp3) is 0.500. The summed E-state index contributed by atoms with van der Waals surface area (Å²) < 4.78 is 1.69. The third kappa shape index (κ3) is 3.21. The van der Waals surface area contributed by atoms with E-state index in [1.165, 1.54) is 31.2 Å². The number of nitrogens with two attached hydrogens (primary N) is 1. The Morgan fingerprint density at radius 1 is 1.19 bits per heavy atom. The third-order valence-corrected chi connectivity index (χ3v) is 5.74. The first-order valence-corrected chi connectivity index (χ1v) is 9.56. The molecule has 1 atom stereocenters. The summed E-state index contributed by atoms with van der Waals surface area (Å²) in [4.78, 5) is 16.8. The van der Waals surface area contributed by atoms with Crippen molar-refractivity contribution >= 4 is 5.82 Å². The number of benzene rings is 1. The Labute approximate surface area is 153 Å². The van der Waals surface area contributed by atoms with Crippen LogP contribution in [-0.2, 0) is 0 Å². The molecule has 26 heavy (non-hydrogen) atoms. The largest absolute Gasteiger partial charge is 0.507 e. The van der Waals surface area contributed by atoms with Crippen LogP contribution < -0.4 is 16.6 Å². The maximum Gasteiger partial charge on any atom is 0.293 e. The van der Waals surface area contributed by atoms with Gasteiger partial charge in [-0.2, -0.15) is 0 Å². The molecule has 1 saturated heterocycles. The van der Waals surface area contributed by atoms with Crippen LogP contribution in [0.15, 0.2) is 29.2 Å². The van der Waals surface area contributed by atoms with Crippen LogP contribution in [0.1, 0.15) is 56.0 Å². The predicted octanol–water partition coefficient (Wildman–Crippen LogP) is 2.78. The van der Waals surface area contributed by atoms with Gasteiger partial charge in [0.2, 0.25) is 0 Å². The van der Waals surface area contributed by atoms with Gasteiger partial charge in [0.15, 0.2) is 5.82 Å². The molecule has 1 saturated carbocycles. The van der Waals surface area contributed by atoms with Gasteiger partial charge in [-0.25, -0.2) is 4.98 Å². The Hall–Kier alpha value is -2.34. The van der Waals surface area contributed by atoms with Gasteiger partial charge in [0.05, 0.1) is 5.69 Å². The number of aromatic hydroxyl groups is 1. The molecule has 2 fully saturated rings. The summed E-state index contributed by atoms with van der Waals surface area (Å²) in [5.41, 5.74) is 8.11. The molecule has 138 valence electrons. The second-order valence-electron chi connectivity index (χ2n) is 7.48. The van der Waals surface area contributed by atoms with Gasteiger partial charge in [-0.15, -0.1) is 0 Å². The van der Waals surface area contributed by atoms with Crippen LogP contribution in [0.3, 0.4) is 0 Å². The van der Waals surface area contributed by atoms with E-state index in [-0.39, 0.29) is 23.2 Å². The first-order chi connectivity index (χ1) is 12.6. The van der Waals surface area contributed by atoms with Gasteiger partial charge in [-0.1, -0.05) is 18.9 Å². The lowest BCUT2D eigenvalue weighted by molar-refractivity contribution is 0.364. The van der Waals surface area contributed by atoms with Crippen LogP contribution >= 0.6 is 0 Å². The summed E-state index contributed by atoms with van der Waals surface area (Å²) in [7, 11) is 0. The number of nitrogens with zero attached hydrogens (tertiary/aromatic N) is 2. The van der Waals surface area contributed by atoms with Crippen molar-refractivity contribution in [2.24, 2.45) is 0 Å². The second-order valence-corrected chi connectivity index (χ2v) is 7.48. The van der Waals surface area contributed by atoms with Crippen molar-refractivity contribution < 1.29 is 5.11 Å². The lowest BCUT2D eigenvalue weighted by Crippen LogP contribution is -2.37. The third-order valence-electron chi connectivity index (χ3n) is 5.74. The van der Waals surface area contributed by atoms with Crippen molar-refractivity contribution in [3.63, 3.8) is 0 Å². The molecule has 2 aliphatic rings. The lowest BCUT2D eigenvalue weighted by Gasteiger charge is -2.25. The monoisotopic (exact) mass is 354 g/mol. The quantitative estimate of drug-likeness (QED) is 0.788. The maximum absolute atomic E-state index is 12.5. The van der Waals surface area contributed by atoms with Crippen LogP contribution in [0.4, 0.5) is 5.82 Å². The van der Waals surface area contributed by atoms with Crippen LogP contribution in [0.2, 0.25) is 0 Å². The molecule has 0 amide bonds. The van der Waals surface area contributed by atoms with E-state index in [0.717, 1.165) is 25.9 Å². The number of anilines is 1. The average Bonchev–Trinajstić information content (AvgIpc) is 3.20. The minimum atomic E-state index is -0.256. The van der Waals surface area contributed by atoms with E-state index in [2.05, 4.69) is 10.3 Å². The Bertz CT molecular complexity index is 849. The molecule has 4 rings (SSSR count). The van der Waals surface area contributed by atoms with Crippen LogP contribution in [0.25, 0.3) is 11.3 Å². The molecule has 1 aliphatic heterocycles. The van der Waals surface area contributed by atoms with Crippen LogP contribution in [0.5, 0.6) is 5.75 Å². The van der Waals surface area contributed by atoms with E-state index in [0.29, 0.717) is 17.2 Å². The van der Waals surface area contributed by atoms with E-state index in [1.54, 1.807) is 16.8 Å². The van der Waals surface area contributed by atoms with Crippen molar-refractivity contribution in [3.05, 3.63) is 40.3 Å². The molecular formula is C20H26N4O2. The van der Waals surface area contributed by atoms with Crippen molar-refractivity contribution in [3.8, 4) is 17.0 Å². The number of hydrogen-bond donors (Lipinski definition) is 3.